The quantitative estimate of drug-likeness (QED) is 0.396. The maximum absolute atomic E-state index is 13.7. The van der Waals surface area contributed by atoms with Crippen LogP contribution in [0, 0.1) is 17.1 Å². The number of rotatable bonds is 9. The largest absolute Gasteiger partial charge is 0.769 e. The Hall–Kier alpha value is -2.97. The molecule has 2 aromatic carbocycles. The Balaban J connectivity index is 1.76. The molecule has 0 N–H and O–H groups in total. The second-order valence-corrected chi connectivity index (χ2v) is 11.7. The van der Waals surface area contributed by atoms with Crippen molar-refractivity contribution < 1.29 is 36.3 Å². The molecule has 1 atom stereocenters. The summed E-state index contributed by atoms with van der Waals surface area (Å²) in [6.45, 7) is 0. The number of hydrogen-bond acceptors (Lipinski definition) is 10. The van der Waals surface area contributed by atoms with Crippen LogP contribution in [0.4, 0.5) is 4.39 Å². The van der Waals surface area contributed by atoms with Crippen molar-refractivity contribution in [1.29, 1.82) is 5.26 Å². The van der Waals surface area contributed by atoms with Gasteiger partial charge in [-0.25, -0.2) is 17.8 Å². The summed E-state index contributed by atoms with van der Waals surface area (Å²) < 4.78 is 66.5. The van der Waals surface area contributed by atoms with Crippen LogP contribution < -0.4 is 18.9 Å². The van der Waals surface area contributed by atoms with Crippen molar-refractivity contribution in [1.82, 2.24) is 4.98 Å². The van der Waals surface area contributed by atoms with Gasteiger partial charge in [-0.05, 0) is 24.3 Å². The van der Waals surface area contributed by atoms with Crippen LogP contribution >= 0.6 is 18.9 Å². The molecule has 174 valence electrons. The summed E-state index contributed by atoms with van der Waals surface area (Å²) in [4.78, 5) is 16.4. The van der Waals surface area contributed by atoms with E-state index in [4.69, 9.17) is 19.3 Å². The molecule has 0 aliphatic heterocycles. The zero-order valence-electron chi connectivity index (χ0n) is 17.3. The van der Waals surface area contributed by atoms with Crippen molar-refractivity contribution in [3.8, 4) is 33.9 Å². The van der Waals surface area contributed by atoms with Crippen molar-refractivity contribution in [2.45, 2.75) is 4.21 Å². The van der Waals surface area contributed by atoms with E-state index < -0.39 is 35.2 Å². The van der Waals surface area contributed by atoms with Gasteiger partial charge in [0.15, 0.2) is 28.9 Å². The minimum Gasteiger partial charge on any atom is -0.769 e. The number of thiazole rings is 1. The molecule has 0 fully saturated rings. The number of sulfone groups is 1. The van der Waals surface area contributed by atoms with Crippen LogP contribution in [-0.2, 0) is 14.4 Å². The Labute approximate surface area is 193 Å². The average molecular weight is 511 g/mol. The van der Waals surface area contributed by atoms with Gasteiger partial charge in [0.25, 0.3) is 0 Å². The van der Waals surface area contributed by atoms with Crippen LogP contribution in [0.25, 0.3) is 10.6 Å². The Morgan fingerprint density at radius 2 is 2.00 bits per heavy atom. The van der Waals surface area contributed by atoms with Gasteiger partial charge in [0, 0.05) is 12.2 Å². The first-order valence-electron chi connectivity index (χ1n) is 9.19. The summed E-state index contributed by atoms with van der Waals surface area (Å²) >= 11 is 0.855. The van der Waals surface area contributed by atoms with Gasteiger partial charge >= 0.3 is 0 Å². The second-order valence-electron chi connectivity index (χ2n) is 6.52. The molecule has 1 heterocycles. The summed E-state index contributed by atoms with van der Waals surface area (Å²) in [5.41, 5.74) is 0.239. The van der Waals surface area contributed by atoms with E-state index in [9.17, 15) is 22.3 Å². The van der Waals surface area contributed by atoms with Crippen molar-refractivity contribution in [3.63, 3.8) is 0 Å². The predicted molar refractivity (Wildman–Crippen MR) is 117 cm³/mol. The van der Waals surface area contributed by atoms with Crippen molar-refractivity contribution in [3.05, 3.63) is 54.0 Å². The topological polar surface area (TPSA) is 139 Å². The first kappa shape index (κ1) is 24.7. The standard InChI is InChI=1S/C20H18FN2O7PS2/c1-28-17-5-3-4-15(19(17)29-2)20-23-12-18(32-20)33(26,27)9-8-31(24,25)30-14-7-6-13(11-22)16(21)10-14/h3-7,10,12H,8-9H2,1-2H3,(H,24,25)/p-1. The van der Waals surface area contributed by atoms with E-state index in [1.807, 2.05) is 0 Å². The normalized spacial score (nSPS) is 13.1. The number of hydrogen-bond donors (Lipinski definition) is 0. The lowest BCUT2D eigenvalue weighted by Crippen LogP contribution is -2.18. The number of methoxy groups -OCH3 is 2. The fourth-order valence-electron chi connectivity index (χ4n) is 2.77. The molecular weight excluding hydrogens is 494 g/mol. The highest BCUT2D eigenvalue weighted by molar-refractivity contribution is 7.93. The summed E-state index contributed by atoms with van der Waals surface area (Å²) in [6, 6.07) is 9.58. The van der Waals surface area contributed by atoms with E-state index in [2.05, 4.69) is 4.98 Å². The van der Waals surface area contributed by atoms with Gasteiger partial charge in [0.05, 0.1) is 37.3 Å². The maximum Gasteiger partial charge on any atom is 0.189 e. The Morgan fingerprint density at radius 3 is 2.64 bits per heavy atom. The van der Waals surface area contributed by atoms with Gasteiger partial charge in [-0.2, -0.15) is 5.26 Å². The molecule has 3 aromatic rings. The number of para-hydroxylation sites is 1. The van der Waals surface area contributed by atoms with Crippen molar-refractivity contribution in [2.75, 3.05) is 26.1 Å². The molecule has 0 spiro atoms. The molecule has 0 saturated heterocycles. The lowest BCUT2D eigenvalue weighted by molar-refractivity contribution is -0.190. The van der Waals surface area contributed by atoms with E-state index in [1.54, 1.807) is 24.3 Å². The van der Waals surface area contributed by atoms with E-state index in [-0.39, 0.29) is 15.5 Å². The zero-order valence-corrected chi connectivity index (χ0v) is 19.9. The first-order valence-corrected chi connectivity index (χ1v) is 13.4. The fraction of sp³-hybridized carbons (Fsp3) is 0.200. The summed E-state index contributed by atoms with van der Waals surface area (Å²) in [6.07, 6.45) is 0.299. The van der Waals surface area contributed by atoms with Gasteiger partial charge in [0.1, 0.15) is 26.9 Å². The molecule has 33 heavy (non-hydrogen) atoms. The number of nitriles is 1. The van der Waals surface area contributed by atoms with Crippen LogP contribution in [0.1, 0.15) is 5.56 Å². The Bertz CT molecular complexity index is 1370. The van der Waals surface area contributed by atoms with E-state index >= 15 is 0 Å². The molecule has 13 heteroatoms. The third-order valence-corrected chi connectivity index (χ3v) is 9.22. The molecule has 1 aromatic heterocycles. The number of ether oxygens (including phenoxy) is 2. The molecule has 0 saturated carbocycles. The Kier molecular flexibility index (Phi) is 7.39. The highest BCUT2D eigenvalue weighted by Gasteiger charge is 2.24. The zero-order chi connectivity index (χ0) is 24.2. The van der Waals surface area contributed by atoms with Crippen molar-refractivity contribution in [2.24, 2.45) is 0 Å². The van der Waals surface area contributed by atoms with Gasteiger partial charge in [-0.3, -0.25) is 4.57 Å². The molecule has 3 rings (SSSR count). The molecule has 1 unspecified atom stereocenters. The smallest absolute Gasteiger partial charge is 0.189 e. The van der Waals surface area contributed by atoms with E-state index in [0.717, 1.165) is 35.7 Å². The monoisotopic (exact) mass is 511 g/mol. The Morgan fingerprint density at radius 1 is 1.24 bits per heavy atom. The van der Waals surface area contributed by atoms with Crippen LogP contribution in [0.2, 0.25) is 0 Å². The summed E-state index contributed by atoms with van der Waals surface area (Å²) in [5.74, 6) is -1.24. The van der Waals surface area contributed by atoms with Gasteiger partial charge in [-0.1, -0.05) is 6.07 Å². The number of benzene rings is 2. The SMILES string of the molecule is COc1cccc(-c2ncc(S(=O)(=O)CCP(=O)([O-])Oc3ccc(C#N)c(F)c3)s2)c1OC. The lowest BCUT2D eigenvalue weighted by atomic mass is 10.2. The molecule has 0 bridgehead atoms. The molecular formula is C20H17FN2O7PS2-. The average Bonchev–Trinajstić information content (AvgIpc) is 3.28. The fourth-order valence-corrected chi connectivity index (χ4v) is 7.23. The maximum atomic E-state index is 13.7. The van der Waals surface area contributed by atoms with Crippen LogP contribution in [0.3, 0.4) is 0 Å². The molecule has 0 aliphatic carbocycles. The minimum atomic E-state index is -4.68. The molecule has 9 nitrogen and oxygen atoms in total. The van der Waals surface area contributed by atoms with Gasteiger partial charge < -0.3 is 18.9 Å². The third kappa shape index (κ3) is 5.69. The minimum absolute atomic E-state index is 0.133. The van der Waals surface area contributed by atoms with Crippen LogP contribution in [0.5, 0.6) is 17.2 Å². The summed E-state index contributed by atoms with van der Waals surface area (Å²) in [5, 5.41) is 9.07. The highest BCUT2D eigenvalue weighted by atomic mass is 32.2. The van der Waals surface area contributed by atoms with Gasteiger partial charge in [-0.15, -0.1) is 11.3 Å². The molecule has 0 radical (unpaired) electrons. The third-order valence-electron chi connectivity index (χ3n) is 4.36. The van der Waals surface area contributed by atoms with Gasteiger partial charge in [0.2, 0.25) is 0 Å². The number of aromatic nitrogens is 1. The van der Waals surface area contributed by atoms with Crippen LogP contribution in [0.15, 0.2) is 46.8 Å². The summed E-state index contributed by atoms with van der Waals surface area (Å²) in [7, 11) is -5.78. The second kappa shape index (κ2) is 9.89. The van der Waals surface area contributed by atoms with E-state index in [1.165, 1.54) is 14.2 Å². The molecule has 0 amide bonds. The number of halogens is 1. The number of nitrogens with zero attached hydrogens (tertiary/aromatic N) is 2. The van der Waals surface area contributed by atoms with Crippen molar-refractivity contribution >= 4 is 28.8 Å². The predicted octanol–water partition coefficient (Wildman–Crippen LogP) is 3.24. The molecule has 0 aliphatic rings. The highest BCUT2D eigenvalue weighted by Crippen LogP contribution is 2.42. The van der Waals surface area contributed by atoms with E-state index in [0.29, 0.717) is 22.1 Å². The lowest BCUT2D eigenvalue weighted by Gasteiger charge is -2.23. The first-order chi connectivity index (χ1) is 15.6. The van der Waals surface area contributed by atoms with Crippen LogP contribution in [-0.4, -0.2) is 39.5 Å².